The summed E-state index contributed by atoms with van der Waals surface area (Å²) in [5.74, 6) is 0.960. The van der Waals surface area contributed by atoms with Crippen LogP contribution in [0.4, 0.5) is 0 Å². The van der Waals surface area contributed by atoms with Crippen molar-refractivity contribution in [3.8, 4) is 11.5 Å². The van der Waals surface area contributed by atoms with Gasteiger partial charge in [0.25, 0.3) is 5.91 Å². The third-order valence-electron chi connectivity index (χ3n) is 4.86. The molecule has 0 radical (unpaired) electrons. The van der Waals surface area contributed by atoms with Gasteiger partial charge in [-0.3, -0.25) is 4.79 Å². The highest BCUT2D eigenvalue weighted by Crippen LogP contribution is 2.19. The van der Waals surface area contributed by atoms with E-state index in [9.17, 15) is 13.2 Å². The minimum atomic E-state index is -3.29. The van der Waals surface area contributed by atoms with Crippen molar-refractivity contribution in [2.75, 3.05) is 26.5 Å². The summed E-state index contributed by atoms with van der Waals surface area (Å²) in [5, 5.41) is 0.647. The molecule has 8 heteroatoms. The fourth-order valence-corrected chi connectivity index (χ4v) is 3.99. The first kappa shape index (κ1) is 24.6. The molecule has 0 spiro atoms. The van der Waals surface area contributed by atoms with Crippen molar-refractivity contribution in [3.05, 3.63) is 88.9 Å². The Morgan fingerprint density at radius 1 is 0.939 bits per heavy atom. The normalized spacial score (nSPS) is 11.1. The van der Waals surface area contributed by atoms with Crippen LogP contribution in [0.15, 0.2) is 77.7 Å². The molecule has 0 saturated carbocycles. The number of rotatable bonds is 10. The van der Waals surface area contributed by atoms with Crippen molar-refractivity contribution in [2.45, 2.75) is 17.9 Å². The molecule has 0 fully saturated rings. The molecule has 0 aliphatic heterocycles. The van der Waals surface area contributed by atoms with Crippen molar-refractivity contribution in [2.24, 2.45) is 0 Å². The van der Waals surface area contributed by atoms with Crippen LogP contribution in [-0.2, 0) is 16.4 Å². The summed E-state index contributed by atoms with van der Waals surface area (Å²) in [6.45, 7) is 1.19. The maximum Gasteiger partial charge on any atom is 0.253 e. The summed E-state index contributed by atoms with van der Waals surface area (Å²) in [6, 6.07) is 20.9. The summed E-state index contributed by atoms with van der Waals surface area (Å²) >= 11 is 6.00. The number of halogens is 1. The molecule has 0 heterocycles. The Bertz CT molecular complexity index is 1210. The number of benzene rings is 3. The standard InChI is InChI=1S/C25H26ClNO5S/c1-27(13-6-14-31-23-11-5-12-24(17-23)33(2,29)30)25(28)20-8-4-10-22(16-20)32-18-19-7-3-9-21(26)15-19/h3-5,7-12,15-17H,6,13-14,18H2,1-2H3. The van der Waals surface area contributed by atoms with E-state index in [0.29, 0.717) is 48.3 Å². The third kappa shape index (κ3) is 7.51. The molecule has 0 aromatic heterocycles. The van der Waals surface area contributed by atoms with Gasteiger partial charge in [-0.15, -0.1) is 0 Å². The van der Waals surface area contributed by atoms with Crippen molar-refractivity contribution >= 4 is 27.3 Å². The summed E-state index contributed by atoms with van der Waals surface area (Å²) in [4.78, 5) is 14.6. The number of hydrogen-bond acceptors (Lipinski definition) is 5. The number of nitrogens with zero attached hydrogens (tertiary/aromatic N) is 1. The Morgan fingerprint density at radius 3 is 2.36 bits per heavy atom. The SMILES string of the molecule is CN(CCCOc1cccc(S(C)(=O)=O)c1)C(=O)c1cccc(OCc2cccc(Cl)c2)c1. The largest absolute Gasteiger partial charge is 0.493 e. The fourth-order valence-electron chi connectivity index (χ4n) is 3.12. The van der Waals surface area contributed by atoms with Crippen LogP contribution in [0.3, 0.4) is 0 Å². The fraction of sp³-hybridized carbons (Fsp3) is 0.240. The third-order valence-corrected chi connectivity index (χ3v) is 6.21. The number of carbonyl (C=O) groups is 1. The van der Waals surface area contributed by atoms with E-state index in [0.717, 1.165) is 11.8 Å². The summed E-state index contributed by atoms with van der Waals surface area (Å²) < 4.78 is 34.8. The summed E-state index contributed by atoms with van der Waals surface area (Å²) in [6.07, 6.45) is 1.75. The van der Waals surface area contributed by atoms with Gasteiger partial charge >= 0.3 is 0 Å². The number of hydrogen-bond donors (Lipinski definition) is 0. The van der Waals surface area contributed by atoms with Crippen LogP contribution in [-0.4, -0.2) is 45.7 Å². The van der Waals surface area contributed by atoms with Crippen LogP contribution < -0.4 is 9.47 Å². The lowest BCUT2D eigenvalue weighted by molar-refractivity contribution is 0.0787. The summed E-state index contributed by atoms with van der Waals surface area (Å²) in [5.41, 5.74) is 1.47. The Labute approximate surface area is 199 Å². The summed E-state index contributed by atoms with van der Waals surface area (Å²) in [7, 11) is -1.56. The molecule has 3 aromatic rings. The monoisotopic (exact) mass is 487 g/mol. The van der Waals surface area contributed by atoms with Gasteiger partial charge in [-0.1, -0.05) is 35.9 Å². The lowest BCUT2D eigenvalue weighted by Crippen LogP contribution is -2.28. The van der Waals surface area contributed by atoms with Gasteiger partial charge in [-0.2, -0.15) is 0 Å². The second kappa shape index (κ2) is 11.2. The molecule has 0 saturated heterocycles. The molecule has 0 bridgehead atoms. The van der Waals surface area contributed by atoms with Crippen LogP contribution in [0.1, 0.15) is 22.3 Å². The molecule has 0 aliphatic rings. The highest BCUT2D eigenvalue weighted by atomic mass is 35.5. The van der Waals surface area contributed by atoms with E-state index >= 15 is 0 Å². The maximum atomic E-state index is 12.8. The van der Waals surface area contributed by atoms with Crippen LogP contribution in [0, 0.1) is 0 Å². The van der Waals surface area contributed by atoms with E-state index in [2.05, 4.69) is 0 Å². The Morgan fingerprint density at radius 2 is 1.64 bits per heavy atom. The molecule has 3 rings (SSSR count). The number of ether oxygens (including phenoxy) is 2. The maximum absolute atomic E-state index is 12.8. The molecule has 0 aliphatic carbocycles. The first-order valence-electron chi connectivity index (χ1n) is 10.4. The molecule has 33 heavy (non-hydrogen) atoms. The highest BCUT2D eigenvalue weighted by Gasteiger charge is 2.13. The van der Waals surface area contributed by atoms with Crippen LogP contribution >= 0.6 is 11.6 Å². The highest BCUT2D eigenvalue weighted by molar-refractivity contribution is 7.90. The van der Waals surface area contributed by atoms with E-state index in [1.54, 1.807) is 54.4 Å². The van der Waals surface area contributed by atoms with Crippen LogP contribution in [0.5, 0.6) is 11.5 Å². The first-order chi connectivity index (χ1) is 15.7. The zero-order valence-corrected chi connectivity index (χ0v) is 20.1. The second-order valence-corrected chi connectivity index (χ2v) is 10.1. The number of carbonyl (C=O) groups excluding carboxylic acids is 1. The van der Waals surface area contributed by atoms with E-state index < -0.39 is 9.84 Å². The van der Waals surface area contributed by atoms with Crippen LogP contribution in [0.25, 0.3) is 0 Å². The van der Waals surface area contributed by atoms with Gasteiger partial charge in [-0.25, -0.2) is 8.42 Å². The van der Waals surface area contributed by atoms with Gasteiger partial charge in [-0.05, 0) is 60.5 Å². The Hall–Kier alpha value is -3.03. The predicted octanol–water partition coefficient (Wildman–Crippen LogP) is 4.86. The molecule has 0 atom stereocenters. The molecule has 174 valence electrons. The van der Waals surface area contributed by atoms with Gasteiger partial charge in [0.2, 0.25) is 0 Å². The molecule has 6 nitrogen and oxygen atoms in total. The predicted molar refractivity (Wildman–Crippen MR) is 129 cm³/mol. The topological polar surface area (TPSA) is 72.9 Å². The zero-order valence-electron chi connectivity index (χ0n) is 18.5. The van der Waals surface area contributed by atoms with Crippen molar-refractivity contribution in [1.29, 1.82) is 0 Å². The minimum absolute atomic E-state index is 0.123. The molecule has 0 unspecified atom stereocenters. The van der Waals surface area contributed by atoms with Gasteiger partial charge in [0.1, 0.15) is 18.1 Å². The molecule has 1 amide bonds. The van der Waals surface area contributed by atoms with E-state index in [-0.39, 0.29) is 10.8 Å². The van der Waals surface area contributed by atoms with Crippen LogP contribution in [0.2, 0.25) is 5.02 Å². The van der Waals surface area contributed by atoms with Crippen molar-refractivity contribution in [1.82, 2.24) is 4.90 Å². The molecule has 3 aromatic carbocycles. The molecular weight excluding hydrogens is 462 g/mol. The van der Waals surface area contributed by atoms with Gasteiger partial charge in [0.15, 0.2) is 9.84 Å². The Kier molecular flexibility index (Phi) is 8.36. The quantitative estimate of drug-likeness (QED) is 0.382. The minimum Gasteiger partial charge on any atom is -0.493 e. The lowest BCUT2D eigenvalue weighted by Gasteiger charge is -2.18. The van der Waals surface area contributed by atoms with Gasteiger partial charge < -0.3 is 14.4 Å². The Balaban J connectivity index is 1.49. The molecule has 0 N–H and O–H groups in total. The number of sulfone groups is 1. The van der Waals surface area contributed by atoms with E-state index in [4.69, 9.17) is 21.1 Å². The lowest BCUT2D eigenvalue weighted by atomic mass is 10.2. The first-order valence-corrected chi connectivity index (χ1v) is 12.6. The average molecular weight is 488 g/mol. The molecular formula is C25H26ClNO5S. The smallest absolute Gasteiger partial charge is 0.253 e. The van der Waals surface area contributed by atoms with E-state index in [1.165, 1.54) is 12.1 Å². The van der Waals surface area contributed by atoms with Crippen molar-refractivity contribution < 1.29 is 22.7 Å². The second-order valence-electron chi connectivity index (χ2n) is 7.62. The number of amides is 1. The zero-order chi connectivity index (χ0) is 23.8. The van der Waals surface area contributed by atoms with E-state index in [1.807, 2.05) is 18.2 Å². The van der Waals surface area contributed by atoms with Crippen molar-refractivity contribution in [3.63, 3.8) is 0 Å². The van der Waals surface area contributed by atoms with Gasteiger partial charge in [0, 0.05) is 30.4 Å². The van der Waals surface area contributed by atoms with Gasteiger partial charge in [0.05, 0.1) is 11.5 Å². The average Bonchev–Trinajstić information content (AvgIpc) is 2.80.